The number of morpholine rings is 1. The summed E-state index contributed by atoms with van der Waals surface area (Å²) < 4.78 is 22.4. The van der Waals surface area contributed by atoms with Crippen molar-refractivity contribution in [2.75, 3.05) is 97.6 Å². The normalized spacial score (nSPS) is 11.9. The van der Waals surface area contributed by atoms with Crippen LogP contribution >= 0.6 is 86.4 Å². The quantitative estimate of drug-likeness (QED) is 0.0200. The Morgan fingerprint density at radius 3 is 1.03 bits per heavy atom. The molecule has 0 unspecified atom stereocenters. The van der Waals surface area contributed by atoms with Gasteiger partial charge in [0.2, 0.25) is 0 Å². The van der Waals surface area contributed by atoms with E-state index < -0.39 is 23.6 Å². The summed E-state index contributed by atoms with van der Waals surface area (Å²) >= 11 is 23.3. The number of anilines is 8. The van der Waals surface area contributed by atoms with Crippen molar-refractivity contribution in [1.82, 2.24) is 64.7 Å². The van der Waals surface area contributed by atoms with E-state index in [9.17, 15) is 24.3 Å². The average molecular weight is 2100 g/mol. The molecule has 13 N–H and O–H groups in total. The summed E-state index contributed by atoms with van der Waals surface area (Å²) in [6.45, 7) is 9.13. The van der Waals surface area contributed by atoms with Crippen molar-refractivity contribution in [3.8, 4) is 62.8 Å². The van der Waals surface area contributed by atoms with Gasteiger partial charge in [-0.15, -0.1) is 70.5 Å². The number of carbonyl (C=O) groups excluding carboxylic acids is 4. The van der Waals surface area contributed by atoms with Crippen molar-refractivity contribution < 1.29 is 43.2 Å². The molecule has 0 bridgehead atoms. The van der Waals surface area contributed by atoms with Crippen molar-refractivity contribution in [3.63, 3.8) is 0 Å². The lowest BCUT2D eigenvalue weighted by molar-refractivity contribution is 0.0322. The number of ether oxygens (including phenoxy) is 4. The van der Waals surface area contributed by atoms with Gasteiger partial charge in [0.05, 0.1) is 86.2 Å². The lowest BCUT2D eigenvalue weighted by Gasteiger charge is -2.26. The molecule has 0 saturated carbocycles. The fourth-order valence-corrected chi connectivity index (χ4v) is 13.4. The highest BCUT2D eigenvalue weighted by Crippen LogP contribution is 2.37. The predicted molar refractivity (Wildman–Crippen MR) is 548 cm³/mol. The number of benzene rings is 8. The van der Waals surface area contributed by atoms with E-state index in [0.717, 1.165) is 112 Å². The number of aromatic hydroxyl groups is 1. The number of nitrogens with one attached hydrogen (secondary N) is 4. The Hall–Kier alpha value is -13.4. The Labute approximate surface area is 817 Å². The molecule has 37 heteroatoms. The summed E-state index contributed by atoms with van der Waals surface area (Å²) in [4.78, 5) is 104. The Kier molecular flexibility index (Phi) is 39.4. The second kappa shape index (κ2) is 52.2. The Morgan fingerprint density at radius 2 is 0.724 bits per heavy atom. The number of hydrogen-bond donors (Lipinski definition) is 9. The smallest absolute Gasteiger partial charge is 0.369 e. The zero-order valence-corrected chi connectivity index (χ0v) is 79.5. The number of amides is 4. The van der Waals surface area contributed by atoms with Crippen LogP contribution in [0.15, 0.2) is 268 Å². The number of phenols is 1. The van der Waals surface area contributed by atoms with Gasteiger partial charge in [-0.25, -0.2) is 39.9 Å². The van der Waals surface area contributed by atoms with E-state index in [1.807, 2.05) is 122 Å². The number of hydrogen-bond acceptors (Lipinski definition) is 26. The number of nitrogens with two attached hydrogens (primary N) is 4. The number of halogens is 6. The highest BCUT2D eigenvalue weighted by Gasteiger charge is 2.21. The minimum Gasteiger partial charge on any atom is -0.508 e. The molecule has 0 aliphatic carbocycles. The molecule has 0 atom stereocenters. The number of rotatable bonds is 24. The highest BCUT2D eigenvalue weighted by molar-refractivity contribution is 9.69. The van der Waals surface area contributed by atoms with Crippen molar-refractivity contribution in [2.24, 2.45) is 22.9 Å². The summed E-state index contributed by atoms with van der Waals surface area (Å²) in [6.07, 6.45) is 17.5. The number of aryl methyl sites for hydroxylation is 1. The van der Waals surface area contributed by atoms with Gasteiger partial charge in [-0.05, 0) is 190 Å². The number of phenolic OH excluding ortho intramolecular Hbond substituents is 1. The summed E-state index contributed by atoms with van der Waals surface area (Å²) in [5.74, 6) is 4.60. The number of aromatic nitrogens is 12. The molecule has 4 amide bonds. The van der Waals surface area contributed by atoms with Crippen LogP contribution in [0.3, 0.4) is 0 Å². The van der Waals surface area contributed by atoms with E-state index in [4.69, 9.17) is 85.0 Å². The van der Waals surface area contributed by atoms with Crippen LogP contribution in [0.4, 0.5) is 46.0 Å². The molecular formula is C97H94BBr4Cl2N21O9. The molecule has 8 aromatic heterocycles. The second-order valence-corrected chi connectivity index (χ2v) is 36.9. The largest absolute Gasteiger partial charge is 0.508 e. The van der Waals surface area contributed by atoms with Gasteiger partial charge in [-0.1, -0.05) is 83.5 Å². The van der Waals surface area contributed by atoms with Crippen LogP contribution in [0.1, 0.15) is 73.7 Å². The summed E-state index contributed by atoms with van der Waals surface area (Å²) in [7, 11) is 0. The van der Waals surface area contributed by atoms with Crippen molar-refractivity contribution in [2.45, 2.75) is 33.6 Å². The molecule has 2 aliphatic rings. The van der Waals surface area contributed by atoms with Gasteiger partial charge >= 0.3 is 3.18 Å². The third-order valence-corrected chi connectivity index (χ3v) is 20.8. The number of nitrogens with zero attached hydrogens (tertiary/aromatic N) is 13. The minimum atomic E-state index is -0.549. The fraction of sp³-hybridized carbons (Fsp3) is 0.175. The lowest BCUT2D eigenvalue weighted by atomic mass is 10.1. The van der Waals surface area contributed by atoms with Crippen LogP contribution in [-0.2, 0) is 9.47 Å². The lowest BCUT2D eigenvalue weighted by Crippen LogP contribution is -2.38. The van der Waals surface area contributed by atoms with Crippen LogP contribution in [0.25, 0.3) is 89.2 Å². The maximum absolute atomic E-state index is 12.0. The van der Waals surface area contributed by atoms with Crippen LogP contribution in [0.5, 0.6) is 17.2 Å². The van der Waals surface area contributed by atoms with Crippen LogP contribution in [-0.4, -0.2) is 173 Å². The molecule has 16 aromatic rings. The number of primary amides is 4. The molecule has 0 spiro atoms. The molecule has 2 fully saturated rings. The SMILES string of the molecule is BrB(Br)Br.C.C1CCOCC1.Cc1ccc2nc(-c3cccnc3)nc(Nc3ccccc3C(N)=O)c2c1.ClCCBr.NC(=O)c1ccccc1Nc1nc(-c2cccnc2)nc2ccc(O)cc12.NC(=O)c1ccccc1Nc1nc(-c2cccnc2)nc2ccc(OCCCl)cc12.NC(=O)c1ccccc1Nc1nc(-c2cccnc2)nc2ccc(OCCN3CCOCC3)cc12. The van der Waals surface area contributed by atoms with Gasteiger partial charge in [0, 0.05) is 137 Å². The van der Waals surface area contributed by atoms with Gasteiger partial charge in [0.25, 0.3) is 23.6 Å². The monoisotopic (exact) mass is 2090 g/mol. The summed E-state index contributed by atoms with van der Waals surface area (Å²) in [5.41, 5.74) is 32.9. The van der Waals surface area contributed by atoms with Gasteiger partial charge in [-0.3, -0.25) is 44.0 Å². The number of fused-ring (bicyclic) bond motifs is 4. The standard InChI is InChI=1S/C26H26N6O3.C22H18ClN5O2.C21H17N5O.C20H15N5O2.C5H10O.C2H4BrCl.CH4.BBr3/c27-24(33)20-5-1-2-6-22(20)30-26-21-16-19(35-15-12-32-10-13-34-14-11-32)7-8-23(21)29-25(31-26)18-4-3-9-28-17-18;23-9-11-30-15-7-8-19-17(12-15)22(27-18-6-2-1-5-16(18)20(24)29)28-21(26-19)14-4-3-10-25-13-14;1-13-8-9-18-16(11-13)21(25-17-7-3-2-6-15(17)19(22)27)26-20(24-18)14-5-4-10-23-12-14;21-18(27)14-5-1-2-6-16(14)24-20-15-10-13(26)7-8-17(15)23-19(25-20)12-4-3-9-22-11-12;1-2-4-6-5-3-1;3-1-2-4;;2-1(3)4/h1-9,16-17H,10-15H2,(H2,27,33)(H,29,30,31);1-8,10,12-13H,9,11H2,(H2,24,29)(H,26,27,28);2-12H,1H3,(H2,22,27)(H,24,25,26);1-11,26H,(H2,21,27)(H,23,24,25);1-5H2;1-2H2;1H4;. The maximum atomic E-state index is 12.0. The van der Waals surface area contributed by atoms with E-state index in [1.54, 1.807) is 153 Å². The Balaban J connectivity index is 0.000000164. The van der Waals surface area contributed by atoms with Gasteiger partial charge in [-0.2, -0.15) is 0 Å². The van der Waals surface area contributed by atoms with Crippen molar-refractivity contribution in [3.05, 3.63) is 296 Å². The molecule has 18 rings (SSSR count). The third-order valence-electron chi connectivity index (χ3n) is 19.6. The van der Waals surface area contributed by atoms with E-state index in [1.165, 1.54) is 19.3 Å². The minimum absolute atomic E-state index is 0. The van der Waals surface area contributed by atoms with Crippen LogP contribution in [0.2, 0.25) is 0 Å². The fourth-order valence-electron chi connectivity index (χ4n) is 13.3. The number of alkyl halides is 3. The maximum Gasteiger partial charge on any atom is 0.369 e. The summed E-state index contributed by atoms with van der Waals surface area (Å²) in [5, 5.41) is 26.7. The third kappa shape index (κ3) is 29.6. The molecule has 0 radical (unpaired) electrons. The molecule has 134 heavy (non-hydrogen) atoms. The first kappa shape index (κ1) is 101. The topological polar surface area (TPSA) is 436 Å². The zero-order valence-electron chi connectivity index (χ0n) is 71.7. The van der Waals surface area contributed by atoms with Crippen LogP contribution < -0.4 is 53.7 Å². The van der Waals surface area contributed by atoms with Gasteiger partial charge < -0.3 is 68.3 Å². The first-order valence-corrected chi connectivity index (χ1v) is 46.6. The number of carbonyl (C=O) groups is 4. The molecule has 30 nitrogen and oxygen atoms in total. The van der Waals surface area contributed by atoms with E-state index in [-0.39, 0.29) is 16.4 Å². The van der Waals surface area contributed by atoms with Crippen LogP contribution in [0, 0.1) is 6.92 Å². The second-order valence-electron chi connectivity index (χ2n) is 28.9. The van der Waals surface area contributed by atoms with Gasteiger partial charge in [0.1, 0.15) is 53.7 Å². The molecule has 2 saturated heterocycles. The van der Waals surface area contributed by atoms with Crippen molar-refractivity contribution >= 4 is 203 Å². The average Bonchev–Trinajstić information content (AvgIpc) is 0.801. The summed E-state index contributed by atoms with van der Waals surface area (Å²) in [6, 6.07) is 64.9. The first-order valence-electron chi connectivity index (χ1n) is 41.6. The molecule has 686 valence electrons. The number of para-hydroxylation sites is 4. The Bertz CT molecular complexity index is 6410. The molecule has 8 aromatic carbocycles. The van der Waals surface area contributed by atoms with Crippen molar-refractivity contribution in [1.29, 1.82) is 0 Å². The molecule has 10 heterocycles. The van der Waals surface area contributed by atoms with E-state index in [0.29, 0.717) is 139 Å². The zero-order chi connectivity index (χ0) is 93.8. The molecular weight excluding hydrogens is 2000 g/mol. The molecule has 2 aliphatic heterocycles. The highest BCUT2D eigenvalue weighted by atomic mass is 79.9. The van der Waals surface area contributed by atoms with E-state index in [2.05, 4.69) is 129 Å². The number of pyridine rings is 4. The Morgan fingerprint density at radius 1 is 0.410 bits per heavy atom. The van der Waals surface area contributed by atoms with E-state index >= 15 is 0 Å². The first-order chi connectivity index (χ1) is 64.7. The predicted octanol–water partition coefficient (Wildman–Crippen LogP) is 20.1. The van der Waals surface area contributed by atoms with Gasteiger partial charge in [0.15, 0.2) is 23.3 Å².